The molecule has 0 aliphatic carbocycles. The highest BCUT2D eigenvalue weighted by molar-refractivity contribution is 6.99. The predicted molar refractivity (Wildman–Crippen MR) is 153 cm³/mol. The number of nitrogens with zero attached hydrogens (tertiary/aromatic N) is 3. The first-order valence-corrected chi connectivity index (χ1v) is 14.7. The number of rotatable bonds is 16. The van der Waals surface area contributed by atoms with Crippen LogP contribution in [0.1, 0.15) is 55.4 Å². The highest BCUT2D eigenvalue weighted by atomic mass is 32.1. The molecule has 1 N–H and O–H groups in total. The molecule has 15 nitrogen and oxygen atoms in total. The number of esters is 3. The fraction of sp³-hybridized carbons (Fsp3) is 0.741. The van der Waals surface area contributed by atoms with Gasteiger partial charge in [0, 0.05) is 32.1 Å². The number of ether oxygens (including phenoxy) is 6. The topological polar surface area (TPSA) is 182 Å². The van der Waals surface area contributed by atoms with Crippen LogP contribution in [0.2, 0.25) is 0 Å². The molecule has 16 heteroatoms. The number of morpholine rings is 1. The van der Waals surface area contributed by atoms with Gasteiger partial charge in [-0.3, -0.25) is 9.59 Å². The standard InChI is InChI=1S/C27H42N4O11S/c1-15(32)21(33)16(2)40-25(35)18(4)42-26(36)19(5)41-24(34)17(3)39-20(13-28-27(6,7)8)14-38-23-22(29-43-30-23)31-9-11-37-12-10-31/h16-20,28H,9-14H2,1-8H3. The first-order chi connectivity index (χ1) is 20.1. The van der Waals surface area contributed by atoms with Crippen LogP contribution in [0.3, 0.4) is 0 Å². The van der Waals surface area contributed by atoms with Crippen molar-refractivity contribution in [3.05, 3.63) is 0 Å². The molecule has 5 unspecified atom stereocenters. The van der Waals surface area contributed by atoms with E-state index in [4.69, 9.17) is 28.4 Å². The predicted octanol–water partition coefficient (Wildman–Crippen LogP) is 0.869. The average molecular weight is 631 g/mol. The van der Waals surface area contributed by atoms with E-state index in [1.165, 1.54) is 27.7 Å². The Kier molecular flexibility index (Phi) is 13.9. The van der Waals surface area contributed by atoms with Crippen molar-refractivity contribution in [1.82, 2.24) is 14.1 Å². The highest BCUT2D eigenvalue weighted by Crippen LogP contribution is 2.26. The van der Waals surface area contributed by atoms with E-state index in [-0.39, 0.29) is 12.1 Å². The maximum atomic E-state index is 12.8. The minimum absolute atomic E-state index is 0.0469. The number of carbonyl (C=O) groups excluding carboxylic acids is 5. The first kappa shape index (κ1) is 36.0. The molecule has 0 amide bonds. The second kappa shape index (κ2) is 16.6. The summed E-state index contributed by atoms with van der Waals surface area (Å²) >= 11 is 1.03. The second-order valence-electron chi connectivity index (χ2n) is 11.0. The van der Waals surface area contributed by atoms with Gasteiger partial charge < -0.3 is 38.6 Å². The molecule has 0 aromatic carbocycles. The van der Waals surface area contributed by atoms with Crippen LogP contribution in [-0.2, 0) is 47.7 Å². The zero-order valence-electron chi connectivity index (χ0n) is 25.9. The highest BCUT2D eigenvalue weighted by Gasteiger charge is 2.31. The van der Waals surface area contributed by atoms with Gasteiger partial charge in [0.1, 0.15) is 12.7 Å². The third kappa shape index (κ3) is 12.1. The van der Waals surface area contributed by atoms with Crippen molar-refractivity contribution in [2.45, 2.75) is 91.4 Å². The Balaban J connectivity index is 1.93. The normalized spacial score (nSPS) is 17.2. The van der Waals surface area contributed by atoms with Crippen LogP contribution < -0.4 is 15.0 Å². The molecule has 242 valence electrons. The molecule has 1 saturated heterocycles. The number of nitrogens with one attached hydrogen (secondary N) is 1. The average Bonchev–Trinajstić information content (AvgIpc) is 3.42. The maximum Gasteiger partial charge on any atom is 0.347 e. The zero-order chi connectivity index (χ0) is 32.3. The molecule has 5 atom stereocenters. The molecule has 2 heterocycles. The number of hydrogen-bond donors (Lipinski definition) is 1. The van der Waals surface area contributed by atoms with Crippen LogP contribution in [0.5, 0.6) is 5.88 Å². The third-order valence-electron chi connectivity index (χ3n) is 6.01. The second-order valence-corrected chi connectivity index (χ2v) is 11.5. The summed E-state index contributed by atoms with van der Waals surface area (Å²) in [5.41, 5.74) is -0.250. The van der Waals surface area contributed by atoms with E-state index in [0.29, 0.717) is 44.5 Å². The Morgan fingerprint density at radius 3 is 1.95 bits per heavy atom. The summed E-state index contributed by atoms with van der Waals surface area (Å²) in [5, 5.41) is 3.32. The van der Waals surface area contributed by atoms with E-state index >= 15 is 0 Å². The molecule has 2 rings (SSSR count). The molecule has 0 bridgehead atoms. The Labute approximate surface area is 255 Å². The number of ketones is 2. The van der Waals surface area contributed by atoms with Gasteiger partial charge >= 0.3 is 17.9 Å². The number of hydrogen-bond acceptors (Lipinski definition) is 16. The van der Waals surface area contributed by atoms with Crippen LogP contribution in [0, 0.1) is 0 Å². The Bertz CT molecular complexity index is 1120. The monoisotopic (exact) mass is 630 g/mol. The molecule has 1 aromatic heterocycles. The largest absolute Gasteiger partial charge is 0.472 e. The summed E-state index contributed by atoms with van der Waals surface area (Å²) in [5.74, 6) is -3.59. The van der Waals surface area contributed by atoms with Gasteiger partial charge in [0.2, 0.25) is 11.6 Å². The van der Waals surface area contributed by atoms with E-state index in [1.54, 1.807) is 0 Å². The fourth-order valence-corrected chi connectivity index (χ4v) is 4.08. The minimum atomic E-state index is -1.42. The molecule has 1 aliphatic heterocycles. The van der Waals surface area contributed by atoms with Crippen molar-refractivity contribution in [2.24, 2.45) is 0 Å². The van der Waals surface area contributed by atoms with Crippen LogP contribution in [-0.4, -0.2) is 114 Å². The van der Waals surface area contributed by atoms with Crippen molar-refractivity contribution in [1.29, 1.82) is 0 Å². The van der Waals surface area contributed by atoms with Gasteiger partial charge in [-0.1, -0.05) is 0 Å². The molecule has 1 aliphatic rings. The van der Waals surface area contributed by atoms with Gasteiger partial charge in [0.15, 0.2) is 30.2 Å². The lowest BCUT2D eigenvalue weighted by Gasteiger charge is -2.28. The van der Waals surface area contributed by atoms with Crippen LogP contribution in [0.15, 0.2) is 0 Å². The lowest BCUT2D eigenvalue weighted by molar-refractivity contribution is -0.183. The van der Waals surface area contributed by atoms with Crippen molar-refractivity contribution in [3.8, 4) is 5.88 Å². The molecule has 0 saturated carbocycles. The van der Waals surface area contributed by atoms with Crippen LogP contribution in [0.25, 0.3) is 0 Å². The summed E-state index contributed by atoms with van der Waals surface area (Å²) < 4.78 is 41.0. The number of Topliss-reactive ketones (excluding diaryl/α,β-unsaturated/α-hetero) is 2. The molecule has 0 spiro atoms. The summed E-state index contributed by atoms with van der Waals surface area (Å²) in [6.45, 7) is 15.0. The number of aromatic nitrogens is 2. The van der Waals surface area contributed by atoms with E-state index < -0.39 is 60.0 Å². The lowest BCUT2D eigenvalue weighted by Crippen LogP contribution is -2.45. The Morgan fingerprint density at radius 2 is 1.42 bits per heavy atom. The third-order valence-corrected chi connectivity index (χ3v) is 6.51. The number of carbonyl (C=O) groups is 5. The summed E-state index contributed by atoms with van der Waals surface area (Å²) in [6, 6.07) is 0. The van der Waals surface area contributed by atoms with Crippen molar-refractivity contribution >= 4 is 47.0 Å². The zero-order valence-corrected chi connectivity index (χ0v) is 26.7. The molecule has 0 radical (unpaired) electrons. The minimum Gasteiger partial charge on any atom is -0.472 e. The van der Waals surface area contributed by atoms with E-state index in [9.17, 15) is 24.0 Å². The molecular formula is C27H42N4O11S. The van der Waals surface area contributed by atoms with Crippen LogP contribution >= 0.6 is 11.7 Å². The van der Waals surface area contributed by atoms with Crippen molar-refractivity contribution in [2.75, 3.05) is 44.4 Å². The van der Waals surface area contributed by atoms with Crippen molar-refractivity contribution in [3.63, 3.8) is 0 Å². The SMILES string of the molecule is CC(=O)C(=O)C(C)OC(=O)C(C)OC(=O)C(C)OC(=O)C(C)OC(CNC(C)(C)C)COc1nsnc1N1CCOCC1. The van der Waals surface area contributed by atoms with Gasteiger partial charge in [-0.25, -0.2) is 14.4 Å². The molecular weight excluding hydrogens is 588 g/mol. The van der Waals surface area contributed by atoms with Crippen molar-refractivity contribution < 1.29 is 52.4 Å². The molecule has 1 fully saturated rings. The van der Waals surface area contributed by atoms with E-state index in [0.717, 1.165) is 18.7 Å². The van der Waals surface area contributed by atoms with Gasteiger partial charge in [-0.2, -0.15) is 4.37 Å². The Hall–Kier alpha value is -3.21. The van der Waals surface area contributed by atoms with E-state index in [1.807, 2.05) is 25.7 Å². The van der Waals surface area contributed by atoms with Crippen LogP contribution in [0.4, 0.5) is 5.82 Å². The summed E-state index contributed by atoms with van der Waals surface area (Å²) in [6.07, 6.45) is -5.85. The quantitative estimate of drug-likeness (QED) is 0.154. The molecule has 43 heavy (non-hydrogen) atoms. The van der Waals surface area contributed by atoms with Gasteiger partial charge in [-0.05, 0) is 48.5 Å². The lowest BCUT2D eigenvalue weighted by atomic mass is 10.1. The number of anilines is 1. The van der Waals surface area contributed by atoms with E-state index in [2.05, 4.69) is 14.1 Å². The fourth-order valence-electron chi connectivity index (χ4n) is 3.56. The van der Waals surface area contributed by atoms with Gasteiger partial charge in [0.25, 0.3) is 5.88 Å². The Morgan fingerprint density at radius 1 is 0.884 bits per heavy atom. The molecule has 1 aromatic rings. The summed E-state index contributed by atoms with van der Waals surface area (Å²) in [4.78, 5) is 62.2. The van der Waals surface area contributed by atoms with Gasteiger partial charge in [0.05, 0.1) is 24.9 Å². The van der Waals surface area contributed by atoms with Gasteiger partial charge in [-0.15, -0.1) is 4.37 Å². The maximum absolute atomic E-state index is 12.8. The summed E-state index contributed by atoms with van der Waals surface area (Å²) in [7, 11) is 0. The first-order valence-electron chi connectivity index (χ1n) is 13.9. The smallest absolute Gasteiger partial charge is 0.347 e.